The van der Waals surface area contributed by atoms with Crippen LogP contribution in [0.4, 0.5) is 0 Å². The molecule has 0 aliphatic carbocycles. The van der Waals surface area contributed by atoms with Crippen LogP contribution in [0.2, 0.25) is 0 Å². The number of allylic oxidation sites excluding steroid dienone is 1. The standard InChI is InChI=1S/C13H16O2/c1-3-7-11-8-5-6-9-12(11)13(14)15-10-4-2/h3,5-9H,4,10H2,1-2H3/b7-3+. The Labute approximate surface area is 90.6 Å². The number of hydrogen-bond acceptors (Lipinski definition) is 2. The highest BCUT2D eigenvalue weighted by molar-refractivity contribution is 5.93. The van der Waals surface area contributed by atoms with Crippen LogP contribution in [0, 0.1) is 0 Å². The summed E-state index contributed by atoms with van der Waals surface area (Å²) in [5, 5.41) is 0. The molecule has 0 aliphatic heterocycles. The molecule has 0 saturated heterocycles. The van der Waals surface area contributed by atoms with Gasteiger partial charge in [0.05, 0.1) is 12.2 Å². The van der Waals surface area contributed by atoms with Crippen molar-refractivity contribution in [2.75, 3.05) is 6.61 Å². The van der Waals surface area contributed by atoms with Gasteiger partial charge in [-0.3, -0.25) is 0 Å². The lowest BCUT2D eigenvalue weighted by molar-refractivity contribution is 0.0505. The van der Waals surface area contributed by atoms with E-state index in [1.54, 1.807) is 6.07 Å². The second kappa shape index (κ2) is 6.02. The highest BCUT2D eigenvalue weighted by Gasteiger charge is 2.09. The number of carbonyl (C=O) groups is 1. The van der Waals surface area contributed by atoms with Crippen molar-refractivity contribution in [1.82, 2.24) is 0 Å². The van der Waals surface area contributed by atoms with Gasteiger partial charge in [0, 0.05) is 0 Å². The van der Waals surface area contributed by atoms with Gasteiger partial charge in [-0.1, -0.05) is 37.3 Å². The van der Waals surface area contributed by atoms with Crippen molar-refractivity contribution in [3.8, 4) is 0 Å². The molecule has 1 aromatic rings. The Morgan fingerprint density at radius 3 is 2.80 bits per heavy atom. The lowest BCUT2D eigenvalue weighted by Crippen LogP contribution is -2.07. The molecule has 80 valence electrons. The molecule has 0 heterocycles. The van der Waals surface area contributed by atoms with Gasteiger partial charge in [0.25, 0.3) is 0 Å². The van der Waals surface area contributed by atoms with Crippen LogP contribution in [-0.2, 0) is 4.74 Å². The fourth-order valence-corrected chi connectivity index (χ4v) is 1.28. The van der Waals surface area contributed by atoms with Gasteiger partial charge in [-0.05, 0) is 25.0 Å². The molecule has 0 spiro atoms. The van der Waals surface area contributed by atoms with Crippen LogP contribution < -0.4 is 0 Å². The second-order valence-electron chi connectivity index (χ2n) is 3.22. The molecule has 0 aromatic heterocycles. The van der Waals surface area contributed by atoms with E-state index in [4.69, 9.17) is 4.74 Å². The van der Waals surface area contributed by atoms with Gasteiger partial charge in [0.1, 0.15) is 0 Å². The Morgan fingerprint density at radius 2 is 2.13 bits per heavy atom. The molecule has 15 heavy (non-hydrogen) atoms. The third-order valence-corrected chi connectivity index (χ3v) is 1.96. The van der Waals surface area contributed by atoms with Crippen LogP contribution in [0.25, 0.3) is 6.08 Å². The van der Waals surface area contributed by atoms with Crippen molar-refractivity contribution in [2.45, 2.75) is 20.3 Å². The van der Waals surface area contributed by atoms with Gasteiger partial charge >= 0.3 is 5.97 Å². The summed E-state index contributed by atoms with van der Waals surface area (Å²) in [6.45, 7) is 4.38. The minimum atomic E-state index is -0.245. The first-order valence-corrected chi connectivity index (χ1v) is 5.18. The lowest BCUT2D eigenvalue weighted by Gasteiger charge is -2.05. The molecule has 2 nitrogen and oxygen atoms in total. The van der Waals surface area contributed by atoms with E-state index in [9.17, 15) is 4.79 Å². The van der Waals surface area contributed by atoms with Gasteiger partial charge in [0.15, 0.2) is 0 Å². The maximum absolute atomic E-state index is 11.6. The maximum atomic E-state index is 11.6. The van der Waals surface area contributed by atoms with Crippen LogP contribution in [0.3, 0.4) is 0 Å². The number of ether oxygens (including phenoxy) is 1. The van der Waals surface area contributed by atoms with E-state index in [0.29, 0.717) is 12.2 Å². The van der Waals surface area contributed by atoms with E-state index in [0.717, 1.165) is 12.0 Å². The number of esters is 1. The van der Waals surface area contributed by atoms with Crippen LogP contribution in [-0.4, -0.2) is 12.6 Å². The fourth-order valence-electron chi connectivity index (χ4n) is 1.28. The van der Waals surface area contributed by atoms with Gasteiger partial charge in [0.2, 0.25) is 0 Å². The molecular weight excluding hydrogens is 188 g/mol. The number of benzene rings is 1. The van der Waals surface area contributed by atoms with E-state index in [1.807, 2.05) is 44.2 Å². The summed E-state index contributed by atoms with van der Waals surface area (Å²) in [4.78, 5) is 11.6. The third kappa shape index (κ3) is 3.24. The highest BCUT2D eigenvalue weighted by atomic mass is 16.5. The molecule has 0 bridgehead atoms. The SMILES string of the molecule is C/C=C/c1ccccc1C(=O)OCCC. The van der Waals surface area contributed by atoms with Crippen molar-refractivity contribution in [3.63, 3.8) is 0 Å². The third-order valence-electron chi connectivity index (χ3n) is 1.96. The smallest absolute Gasteiger partial charge is 0.338 e. The monoisotopic (exact) mass is 204 g/mol. The Morgan fingerprint density at radius 1 is 1.40 bits per heavy atom. The molecule has 0 fully saturated rings. The predicted octanol–water partition coefficient (Wildman–Crippen LogP) is 3.29. The quantitative estimate of drug-likeness (QED) is 0.703. The number of hydrogen-bond donors (Lipinski definition) is 0. The van der Waals surface area contributed by atoms with Crippen molar-refractivity contribution < 1.29 is 9.53 Å². The van der Waals surface area contributed by atoms with Crippen molar-refractivity contribution in [1.29, 1.82) is 0 Å². The minimum Gasteiger partial charge on any atom is -0.462 e. The highest BCUT2D eigenvalue weighted by Crippen LogP contribution is 2.12. The molecule has 1 aromatic carbocycles. The van der Waals surface area contributed by atoms with Gasteiger partial charge in [-0.15, -0.1) is 0 Å². The average Bonchev–Trinajstić information content (AvgIpc) is 2.27. The summed E-state index contributed by atoms with van der Waals surface area (Å²) in [7, 11) is 0. The normalized spacial score (nSPS) is 10.5. The number of carbonyl (C=O) groups excluding carboxylic acids is 1. The molecule has 0 unspecified atom stereocenters. The Bertz CT molecular complexity index is 353. The van der Waals surface area contributed by atoms with Crippen molar-refractivity contribution in [3.05, 3.63) is 41.5 Å². The molecule has 0 radical (unpaired) electrons. The lowest BCUT2D eigenvalue weighted by atomic mass is 10.1. The van der Waals surface area contributed by atoms with Crippen LogP contribution in [0.5, 0.6) is 0 Å². The summed E-state index contributed by atoms with van der Waals surface area (Å²) in [5.41, 5.74) is 1.53. The summed E-state index contributed by atoms with van der Waals surface area (Å²) in [6.07, 6.45) is 4.66. The zero-order chi connectivity index (χ0) is 11.1. The number of rotatable bonds is 4. The first-order chi connectivity index (χ1) is 7.29. The second-order valence-corrected chi connectivity index (χ2v) is 3.22. The first-order valence-electron chi connectivity index (χ1n) is 5.18. The van der Waals surface area contributed by atoms with E-state index in [1.165, 1.54) is 0 Å². The van der Waals surface area contributed by atoms with Crippen LogP contribution in [0.1, 0.15) is 36.2 Å². The summed E-state index contributed by atoms with van der Waals surface area (Å²) >= 11 is 0. The Hall–Kier alpha value is -1.57. The summed E-state index contributed by atoms with van der Waals surface area (Å²) in [5.74, 6) is -0.245. The summed E-state index contributed by atoms with van der Waals surface area (Å²) in [6, 6.07) is 7.44. The first kappa shape index (κ1) is 11.5. The van der Waals surface area contributed by atoms with Crippen molar-refractivity contribution >= 4 is 12.0 Å². The van der Waals surface area contributed by atoms with Crippen LogP contribution >= 0.6 is 0 Å². The topological polar surface area (TPSA) is 26.3 Å². The van der Waals surface area contributed by atoms with E-state index >= 15 is 0 Å². The molecule has 1 rings (SSSR count). The Kier molecular flexibility index (Phi) is 4.61. The van der Waals surface area contributed by atoms with Gasteiger partial charge in [-0.2, -0.15) is 0 Å². The average molecular weight is 204 g/mol. The maximum Gasteiger partial charge on any atom is 0.338 e. The largest absolute Gasteiger partial charge is 0.462 e. The van der Waals surface area contributed by atoms with E-state index < -0.39 is 0 Å². The molecule has 2 heteroatoms. The molecule has 0 atom stereocenters. The molecule has 0 saturated carbocycles. The zero-order valence-electron chi connectivity index (χ0n) is 9.19. The van der Waals surface area contributed by atoms with E-state index in [2.05, 4.69) is 0 Å². The molecular formula is C13H16O2. The van der Waals surface area contributed by atoms with Gasteiger partial charge < -0.3 is 4.74 Å². The van der Waals surface area contributed by atoms with Crippen molar-refractivity contribution in [2.24, 2.45) is 0 Å². The fraction of sp³-hybridized carbons (Fsp3) is 0.308. The predicted molar refractivity (Wildman–Crippen MR) is 61.7 cm³/mol. The molecule has 0 aliphatic rings. The Balaban J connectivity index is 2.87. The van der Waals surface area contributed by atoms with E-state index in [-0.39, 0.29) is 5.97 Å². The molecule has 0 N–H and O–H groups in total. The van der Waals surface area contributed by atoms with Crippen LogP contribution in [0.15, 0.2) is 30.3 Å². The molecule has 0 amide bonds. The summed E-state index contributed by atoms with van der Waals surface area (Å²) < 4.78 is 5.09. The van der Waals surface area contributed by atoms with Gasteiger partial charge in [-0.25, -0.2) is 4.79 Å². The zero-order valence-corrected chi connectivity index (χ0v) is 9.19. The minimum absolute atomic E-state index is 0.245.